The third kappa shape index (κ3) is 2.34. The molecular weight excluding hydrogens is 292 g/mol. The number of nitrogens with zero attached hydrogens (tertiary/aromatic N) is 4. The van der Waals surface area contributed by atoms with E-state index in [9.17, 15) is 0 Å². The van der Waals surface area contributed by atoms with Crippen molar-refractivity contribution in [2.24, 2.45) is 0 Å². The molecule has 2 aromatic heterocycles. The largest absolute Gasteiger partial charge is 0.495 e. The Morgan fingerprint density at radius 3 is 2.65 bits per heavy atom. The van der Waals surface area contributed by atoms with Gasteiger partial charge < -0.3 is 9.15 Å². The Hall–Kier alpha value is -3.15. The van der Waals surface area contributed by atoms with Crippen molar-refractivity contribution in [3.8, 4) is 22.9 Å². The van der Waals surface area contributed by atoms with Crippen molar-refractivity contribution in [2.45, 2.75) is 6.92 Å². The van der Waals surface area contributed by atoms with Crippen LogP contribution in [0.15, 0.2) is 53.5 Å². The van der Waals surface area contributed by atoms with Gasteiger partial charge in [0.1, 0.15) is 23.9 Å². The molecule has 6 heteroatoms. The predicted octanol–water partition coefficient (Wildman–Crippen LogP) is 3.39. The lowest BCUT2D eigenvalue weighted by atomic mass is 10.2. The van der Waals surface area contributed by atoms with Gasteiger partial charge in [-0.05, 0) is 42.8 Å². The molecule has 2 aromatic carbocycles. The fraction of sp³-hybridized carbons (Fsp3) is 0.118. The van der Waals surface area contributed by atoms with Crippen LogP contribution in [0, 0.1) is 6.92 Å². The van der Waals surface area contributed by atoms with E-state index in [0.29, 0.717) is 5.89 Å². The SMILES string of the molecule is COc1ccc(-c2nc3cc(C)ccc3o2)cc1-n1cnnc1. The number of oxazole rings is 1. The van der Waals surface area contributed by atoms with E-state index in [1.807, 2.05) is 43.3 Å². The number of rotatable bonds is 3. The van der Waals surface area contributed by atoms with Crippen LogP contribution in [0.4, 0.5) is 0 Å². The lowest BCUT2D eigenvalue weighted by Crippen LogP contribution is -1.96. The monoisotopic (exact) mass is 306 g/mol. The zero-order valence-corrected chi connectivity index (χ0v) is 12.7. The van der Waals surface area contributed by atoms with Gasteiger partial charge in [-0.2, -0.15) is 0 Å². The summed E-state index contributed by atoms with van der Waals surface area (Å²) in [7, 11) is 1.63. The molecule has 0 atom stereocenters. The topological polar surface area (TPSA) is 66.0 Å². The smallest absolute Gasteiger partial charge is 0.227 e. The van der Waals surface area contributed by atoms with E-state index in [2.05, 4.69) is 15.2 Å². The van der Waals surface area contributed by atoms with Crippen LogP contribution in [-0.2, 0) is 0 Å². The van der Waals surface area contributed by atoms with Crippen molar-refractivity contribution in [1.82, 2.24) is 19.7 Å². The normalized spacial score (nSPS) is 11.0. The Morgan fingerprint density at radius 2 is 1.87 bits per heavy atom. The van der Waals surface area contributed by atoms with Crippen LogP contribution in [0.5, 0.6) is 5.75 Å². The maximum Gasteiger partial charge on any atom is 0.227 e. The van der Waals surface area contributed by atoms with Crippen LogP contribution < -0.4 is 4.74 Å². The summed E-state index contributed by atoms with van der Waals surface area (Å²) in [5, 5.41) is 7.68. The van der Waals surface area contributed by atoms with Crippen molar-refractivity contribution in [2.75, 3.05) is 7.11 Å². The van der Waals surface area contributed by atoms with Gasteiger partial charge in [-0.25, -0.2) is 4.98 Å². The van der Waals surface area contributed by atoms with Gasteiger partial charge in [0.15, 0.2) is 5.58 Å². The highest BCUT2D eigenvalue weighted by molar-refractivity contribution is 5.77. The first-order valence-corrected chi connectivity index (χ1v) is 7.15. The van der Waals surface area contributed by atoms with Gasteiger partial charge in [-0.15, -0.1) is 10.2 Å². The number of benzene rings is 2. The van der Waals surface area contributed by atoms with E-state index in [1.54, 1.807) is 24.3 Å². The Balaban J connectivity index is 1.86. The number of fused-ring (bicyclic) bond motifs is 1. The van der Waals surface area contributed by atoms with Crippen LogP contribution in [0.25, 0.3) is 28.2 Å². The summed E-state index contributed by atoms with van der Waals surface area (Å²) in [5.74, 6) is 1.29. The molecule has 0 aliphatic carbocycles. The van der Waals surface area contributed by atoms with Gasteiger partial charge in [-0.1, -0.05) is 6.07 Å². The van der Waals surface area contributed by atoms with E-state index in [4.69, 9.17) is 9.15 Å². The van der Waals surface area contributed by atoms with Gasteiger partial charge in [-0.3, -0.25) is 4.57 Å². The van der Waals surface area contributed by atoms with Crippen LogP contribution in [0.2, 0.25) is 0 Å². The molecule has 0 N–H and O–H groups in total. The summed E-state index contributed by atoms with van der Waals surface area (Å²) in [5.41, 5.74) is 4.46. The molecule has 6 nitrogen and oxygen atoms in total. The summed E-state index contributed by atoms with van der Waals surface area (Å²) >= 11 is 0. The van der Waals surface area contributed by atoms with E-state index >= 15 is 0 Å². The lowest BCUT2D eigenvalue weighted by Gasteiger charge is -2.09. The Morgan fingerprint density at radius 1 is 1.04 bits per heavy atom. The maximum atomic E-state index is 5.86. The highest BCUT2D eigenvalue weighted by Gasteiger charge is 2.12. The highest BCUT2D eigenvalue weighted by atomic mass is 16.5. The molecule has 0 radical (unpaired) electrons. The molecule has 0 saturated carbocycles. The first kappa shape index (κ1) is 13.5. The number of methoxy groups -OCH3 is 1. The zero-order valence-electron chi connectivity index (χ0n) is 12.7. The van der Waals surface area contributed by atoms with Crippen molar-refractivity contribution in [3.05, 3.63) is 54.6 Å². The molecule has 0 fully saturated rings. The third-order valence-electron chi connectivity index (χ3n) is 3.67. The Kier molecular flexibility index (Phi) is 3.08. The first-order chi connectivity index (χ1) is 11.2. The molecule has 4 aromatic rings. The fourth-order valence-electron chi connectivity index (χ4n) is 2.51. The molecule has 23 heavy (non-hydrogen) atoms. The number of hydrogen-bond acceptors (Lipinski definition) is 5. The first-order valence-electron chi connectivity index (χ1n) is 7.15. The van der Waals surface area contributed by atoms with E-state index in [-0.39, 0.29) is 0 Å². The van der Waals surface area contributed by atoms with Crippen LogP contribution in [-0.4, -0.2) is 26.9 Å². The highest BCUT2D eigenvalue weighted by Crippen LogP contribution is 2.30. The molecule has 0 aliphatic heterocycles. The number of ether oxygens (including phenoxy) is 1. The second kappa shape index (κ2) is 5.24. The second-order valence-corrected chi connectivity index (χ2v) is 5.25. The Labute approximate surface area is 132 Å². The summed E-state index contributed by atoms with van der Waals surface area (Å²) in [6.45, 7) is 2.03. The summed E-state index contributed by atoms with van der Waals surface area (Å²) in [4.78, 5) is 4.57. The average molecular weight is 306 g/mol. The molecule has 0 saturated heterocycles. The third-order valence-corrected chi connectivity index (χ3v) is 3.67. The molecule has 0 unspecified atom stereocenters. The molecular formula is C17H14N4O2. The standard InChI is InChI=1S/C17H14N4O2/c1-11-3-5-15-13(7-11)20-17(23-15)12-4-6-16(22-2)14(8-12)21-9-18-19-10-21/h3-10H,1-2H3. The van der Waals surface area contributed by atoms with Gasteiger partial charge in [0.05, 0.1) is 12.8 Å². The second-order valence-electron chi connectivity index (χ2n) is 5.25. The number of hydrogen-bond donors (Lipinski definition) is 0. The van der Waals surface area contributed by atoms with E-state index < -0.39 is 0 Å². The molecule has 114 valence electrons. The summed E-state index contributed by atoms with van der Waals surface area (Å²) in [6, 6.07) is 11.7. The van der Waals surface area contributed by atoms with Crippen molar-refractivity contribution in [1.29, 1.82) is 0 Å². The predicted molar refractivity (Wildman–Crippen MR) is 85.7 cm³/mol. The maximum absolute atomic E-state index is 5.86. The van der Waals surface area contributed by atoms with Crippen molar-refractivity contribution in [3.63, 3.8) is 0 Å². The minimum absolute atomic E-state index is 0.572. The van der Waals surface area contributed by atoms with Crippen LogP contribution >= 0.6 is 0 Å². The zero-order chi connectivity index (χ0) is 15.8. The van der Waals surface area contributed by atoms with Gasteiger partial charge in [0, 0.05) is 5.56 Å². The number of aryl methyl sites for hydroxylation is 1. The van der Waals surface area contributed by atoms with Crippen LogP contribution in [0.1, 0.15) is 5.56 Å². The van der Waals surface area contributed by atoms with E-state index in [1.165, 1.54) is 0 Å². The molecule has 4 rings (SSSR count). The molecule has 2 heterocycles. The molecule has 0 aliphatic rings. The quantitative estimate of drug-likeness (QED) is 0.580. The minimum Gasteiger partial charge on any atom is -0.495 e. The Bertz CT molecular complexity index is 974. The van der Waals surface area contributed by atoms with Crippen LogP contribution in [0.3, 0.4) is 0 Å². The lowest BCUT2D eigenvalue weighted by molar-refractivity contribution is 0.413. The minimum atomic E-state index is 0.572. The van der Waals surface area contributed by atoms with Gasteiger partial charge in [0.2, 0.25) is 5.89 Å². The summed E-state index contributed by atoms with van der Waals surface area (Å²) < 4.78 is 13.1. The van der Waals surface area contributed by atoms with Crippen molar-refractivity contribution >= 4 is 11.1 Å². The molecule has 0 spiro atoms. The molecule has 0 bridgehead atoms. The average Bonchev–Trinajstić information content (AvgIpc) is 3.23. The fourth-order valence-corrected chi connectivity index (χ4v) is 2.51. The number of aromatic nitrogens is 4. The molecule has 0 amide bonds. The summed E-state index contributed by atoms with van der Waals surface area (Å²) in [6.07, 6.45) is 3.24. The van der Waals surface area contributed by atoms with Gasteiger partial charge >= 0.3 is 0 Å². The van der Waals surface area contributed by atoms with Gasteiger partial charge in [0.25, 0.3) is 0 Å². The van der Waals surface area contributed by atoms with Crippen molar-refractivity contribution < 1.29 is 9.15 Å². The van der Waals surface area contributed by atoms with E-state index in [0.717, 1.165) is 33.7 Å².